The largest absolute Gasteiger partial charge is 0.381 e. The summed E-state index contributed by atoms with van der Waals surface area (Å²) in [4.78, 5) is 37.7. The fourth-order valence-corrected chi connectivity index (χ4v) is 3.15. The van der Waals surface area contributed by atoms with E-state index in [4.69, 9.17) is 16.3 Å². The summed E-state index contributed by atoms with van der Waals surface area (Å²) < 4.78 is 5.22. The second kappa shape index (κ2) is 6.68. The Hall–Kier alpha value is -1.92. The van der Waals surface area contributed by atoms with E-state index in [1.54, 1.807) is 18.2 Å². The van der Waals surface area contributed by atoms with Crippen molar-refractivity contribution in [1.82, 2.24) is 10.2 Å². The highest BCUT2D eigenvalue weighted by Crippen LogP contribution is 2.28. The second-order valence-electron chi connectivity index (χ2n) is 5.60. The Kier molecular flexibility index (Phi) is 4.63. The molecule has 3 rings (SSSR count). The van der Waals surface area contributed by atoms with Crippen LogP contribution in [0.1, 0.15) is 33.6 Å². The van der Waals surface area contributed by atoms with Crippen molar-refractivity contribution in [3.63, 3.8) is 0 Å². The van der Waals surface area contributed by atoms with E-state index in [9.17, 15) is 14.4 Å². The molecule has 1 aromatic carbocycles. The number of benzene rings is 1. The molecule has 2 aliphatic rings. The number of nitrogens with one attached hydrogen (secondary N) is 1. The van der Waals surface area contributed by atoms with Crippen molar-refractivity contribution in [2.75, 3.05) is 26.3 Å². The van der Waals surface area contributed by atoms with Crippen LogP contribution in [0.15, 0.2) is 18.2 Å². The smallest absolute Gasteiger partial charge is 0.263 e. The van der Waals surface area contributed by atoms with Crippen molar-refractivity contribution in [1.29, 1.82) is 0 Å². The van der Waals surface area contributed by atoms with Crippen LogP contribution in [0.5, 0.6) is 0 Å². The number of imide groups is 1. The van der Waals surface area contributed by atoms with Gasteiger partial charge in [0.05, 0.1) is 16.1 Å². The fourth-order valence-electron chi connectivity index (χ4n) is 2.89. The quantitative estimate of drug-likeness (QED) is 0.845. The first-order chi connectivity index (χ1) is 11.1. The number of fused-ring (bicyclic) bond motifs is 1. The van der Waals surface area contributed by atoms with Gasteiger partial charge in [-0.25, -0.2) is 0 Å². The van der Waals surface area contributed by atoms with E-state index in [0.717, 1.165) is 4.90 Å². The van der Waals surface area contributed by atoms with Crippen molar-refractivity contribution in [3.8, 4) is 0 Å². The maximum absolute atomic E-state index is 12.3. The Labute approximate surface area is 138 Å². The van der Waals surface area contributed by atoms with Crippen LogP contribution in [0.3, 0.4) is 0 Å². The van der Waals surface area contributed by atoms with E-state index in [0.29, 0.717) is 31.6 Å². The molecule has 0 aromatic heterocycles. The molecule has 1 N–H and O–H groups in total. The van der Waals surface area contributed by atoms with Crippen LogP contribution in [-0.4, -0.2) is 48.9 Å². The Balaban J connectivity index is 1.57. The molecule has 2 heterocycles. The molecule has 0 atom stereocenters. The molecular formula is C16H17ClN2O4. The van der Waals surface area contributed by atoms with E-state index in [1.807, 2.05) is 0 Å². The van der Waals surface area contributed by atoms with E-state index < -0.39 is 5.91 Å². The highest BCUT2D eigenvalue weighted by Gasteiger charge is 2.36. The van der Waals surface area contributed by atoms with Gasteiger partial charge in [-0.3, -0.25) is 19.3 Å². The Bertz CT molecular complexity index is 655. The van der Waals surface area contributed by atoms with Gasteiger partial charge >= 0.3 is 0 Å². The van der Waals surface area contributed by atoms with Crippen LogP contribution in [0.25, 0.3) is 0 Å². The molecule has 7 heteroatoms. The summed E-state index contributed by atoms with van der Waals surface area (Å²) in [7, 11) is 0. The number of hydrogen-bond donors (Lipinski definition) is 1. The molecule has 1 saturated heterocycles. The van der Waals surface area contributed by atoms with Crippen molar-refractivity contribution in [2.24, 2.45) is 5.92 Å². The molecule has 0 unspecified atom stereocenters. The number of carbonyl (C=O) groups is 3. The van der Waals surface area contributed by atoms with Crippen LogP contribution < -0.4 is 5.32 Å². The molecule has 1 fully saturated rings. The van der Waals surface area contributed by atoms with Crippen molar-refractivity contribution in [3.05, 3.63) is 34.3 Å². The van der Waals surface area contributed by atoms with Gasteiger partial charge in [0.25, 0.3) is 11.8 Å². The van der Waals surface area contributed by atoms with Crippen LogP contribution in [0.4, 0.5) is 0 Å². The van der Waals surface area contributed by atoms with Crippen molar-refractivity contribution in [2.45, 2.75) is 12.8 Å². The maximum atomic E-state index is 12.3. The summed E-state index contributed by atoms with van der Waals surface area (Å²) in [6.45, 7) is 1.56. The SMILES string of the molecule is O=C(NCCN1C(=O)c2cccc(Cl)c2C1=O)C1CCOCC1. The van der Waals surface area contributed by atoms with Crippen LogP contribution in [-0.2, 0) is 9.53 Å². The van der Waals surface area contributed by atoms with Gasteiger partial charge in [-0.15, -0.1) is 0 Å². The summed E-state index contributed by atoms with van der Waals surface area (Å²) in [5.74, 6) is -0.882. The number of halogens is 1. The minimum Gasteiger partial charge on any atom is -0.381 e. The lowest BCUT2D eigenvalue weighted by atomic mass is 9.99. The lowest BCUT2D eigenvalue weighted by Crippen LogP contribution is -2.41. The summed E-state index contributed by atoms with van der Waals surface area (Å²) in [6, 6.07) is 4.81. The molecule has 0 bridgehead atoms. The van der Waals surface area contributed by atoms with E-state index in [2.05, 4.69) is 5.32 Å². The van der Waals surface area contributed by atoms with Gasteiger partial charge in [-0.05, 0) is 25.0 Å². The Morgan fingerprint density at radius 1 is 1.26 bits per heavy atom. The highest BCUT2D eigenvalue weighted by molar-refractivity contribution is 6.37. The molecule has 6 nitrogen and oxygen atoms in total. The average Bonchev–Trinajstić information content (AvgIpc) is 2.81. The lowest BCUT2D eigenvalue weighted by molar-refractivity contribution is -0.127. The van der Waals surface area contributed by atoms with Gasteiger partial charge < -0.3 is 10.1 Å². The summed E-state index contributed by atoms with van der Waals surface area (Å²) >= 11 is 6.00. The standard InChI is InChI=1S/C16H17ClN2O4/c17-12-3-1-2-11-13(12)16(22)19(15(11)21)7-6-18-14(20)10-4-8-23-9-5-10/h1-3,10H,4-9H2,(H,18,20). The van der Waals surface area contributed by atoms with Crippen LogP contribution >= 0.6 is 11.6 Å². The van der Waals surface area contributed by atoms with Crippen molar-refractivity contribution >= 4 is 29.3 Å². The third kappa shape index (κ3) is 3.09. The molecular weight excluding hydrogens is 320 g/mol. The number of amides is 3. The predicted octanol–water partition coefficient (Wildman–Crippen LogP) is 1.48. The summed E-state index contributed by atoms with van der Waals surface area (Å²) in [6.07, 6.45) is 1.41. The number of hydrogen-bond acceptors (Lipinski definition) is 4. The monoisotopic (exact) mass is 336 g/mol. The Morgan fingerprint density at radius 2 is 2.00 bits per heavy atom. The molecule has 23 heavy (non-hydrogen) atoms. The normalized spacial score (nSPS) is 18.2. The zero-order chi connectivity index (χ0) is 16.4. The first kappa shape index (κ1) is 16.0. The number of ether oxygens (including phenoxy) is 1. The van der Waals surface area contributed by atoms with Gasteiger partial charge in [-0.2, -0.15) is 0 Å². The molecule has 3 amide bonds. The topological polar surface area (TPSA) is 75.7 Å². The van der Waals surface area contributed by atoms with Crippen LogP contribution in [0, 0.1) is 5.92 Å². The molecule has 0 spiro atoms. The highest BCUT2D eigenvalue weighted by atomic mass is 35.5. The Morgan fingerprint density at radius 3 is 2.70 bits per heavy atom. The van der Waals surface area contributed by atoms with Gasteiger partial charge in [0.1, 0.15) is 0 Å². The van der Waals surface area contributed by atoms with Gasteiger partial charge in [0.2, 0.25) is 5.91 Å². The summed E-state index contributed by atoms with van der Waals surface area (Å²) in [5, 5.41) is 3.06. The molecule has 2 aliphatic heterocycles. The van der Waals surface area contributed by atoms with E-state index in [1.165, 1.54) is 0 Å². The van der Waals surface area contributed by atoms with Gasteiger partial charge in [-0.1, -0.05) is 17.7 Å². The summed E-state index contributed by atoms with van der Waals surface area (Å²) in [5.41, 5.74) is 0.563. The maximum Gasteiger partial charge on any atom is 0.263 e. The molecule has 0 aliphatic carbocycles. The average molecular weight is 337 g/mol. The van der Waals surface area contributed by atoms with E-state index in [-0.39, 0.29) is 41.4 Å². The first-order valence-electron chi connectivity index (χ1n) is 7.59. The third-order valence-electron chi connectivity index (χ3n) is 4.17. The molecule has 0 saturated carbocycles. The fraction of sp³-hybridized carbons (Fsp3) is 0.438. The zero-order valence-corrected chi connectivity index (χ0v) is 13.3. The molecule has 122 valence electrons. The van der Waals surface area contributed by atoms with Crippen LogP contribution in [0.2, 0.25) is 5.02 Å². The van der Waals surface area contributed by atoms with Gasteiger partial charge in [0.15, 0.2) is 0 Å². The minimum atomic E-state index is -0.407. The zero-order valence-electron chi connectivity index (χ0n) is 12.5. The lowest BCUT2D eigenvalue weighted by Gasteiger charge is -2.22. The first-order valence-corrected chi connectivity index (χ1v) is 7.97. The van der Waals surface area contributed by atoms with Gasteiger partial charge in [0, 0.05) is 32.2 Å². The second-order valence-corrected chi connectivity index (χ2v) is 6.01. The molecule has 0 radical (unpaired) electrons. The van der Waals surface area contributed by atoms with E-state index >= 15 is 0 Å². The van der Waals surface area contributed by atoms with Crippen molar-refractivity contribution < 1.29 is 19.1 Å². The number of rotatable bonds is 4. The number of carbonyl (C=O) groups excluding carboxylic acids is 3. The molecule has 1 aromatic rings. The number of nitrogens with zero attached hydrogens (tertiary/aromatic N) is 1. The predicted molar refractivity (Wildman–Crippen MR) is 83.4 cm³/mol. The minimum absolute atomic E-state index is 0.0528. The third-order valence-corrected chi connectivity index (χ3v) is 4.49.